The minimum absolute atomic E-state index is 0.208. The third kappa shape index (κ3) is 10.1. The van der Waals surface area contributed by atoms with E-state index in [0.717, 1.165) is 44.1 Å². The van der Waals surface area contributed by atoms with E-state index < -0.39 is 30.3 Å². The van der Waals surface area contributed by atoms with Crippen molar-refractivity contribution in [2.75, 3.05) is 0 Å². The van der Waals surface area contributed by atoms with Gasteiger partial charge in [0, 0.05) is 18.8 Å². The quantitative estimate of drug-likeness (QED) is 0.230. The Hall–Kier alpha value is -2.64. The Kier molecular flexibility index (Phi) is 13.2. The highest BCUT2D eigenvalue weighted by molar-refractivity contribution is 5.89. The molecule has 0 bridgehead atoms. The summed E-state index contributed by atoms with van der Waals surface area (Å²) < 4.78 is 1.88. The first-order valence-electron chi connectivity index (χ1n) is 15.4. The average Bonchev–Trinajstić information content (AvgIpc) is 3.48. The molecule has 5 atom stereocenters. The molecule has 1 aliphatic carbocycles. The smallest absolute Gasteiger partial charge is 0.244 e. The van der Waals surface area contributed by atoms with Crippen LogP contribution in [0.2, 0.25) is 0 Å². The number of hydrogen-bond acceptors (Lipinski definition) is 4. The summed E-state index contributed by atoms with van der Waals surface area (Å²) in [7, 11) is 0. The molecule has 1 fully saturated rings. The fourth-order valence-corrected chi connectivity index (χ4v) is 5.91. The van der Waals surface area contributed by atoms with Gasteiger partial charge in [0.05, 0.1) is 12.1 Å². The number of nitrogens with zero attached hydrogens (tertiary/aromatic N) is 1. The second-order valence-electron chi connectivity index (χ2n) is 12.1. The van der Waals surface area contributed by atoms with Crippen molar-refractivity contribution in [3.8, 4) is 0 Å². The lowest BCUT2D eigenvalue weighted by Crippen LogP contribution is -2.56. The Labute approximate surface area is 240 Å². The minimum atomic E-state index is -1.05. The molecule has 0 spiro atoms. The molecule has 0 radical (unpaired) electrons. The molecule has 7 nitrogen and oxygen atoms in total. The van der Waals surface area contributed by atoms with E-state index in [2.05, 4.69) is 17.6 Å². The van der Waals surface area contributed by atoms with Crippen LogP contribution < -0.4 is 10.6 Å². The van der Waals surface area contributed by atoms with Gasteiger partial charge in [-0.25, -0.2) is 0 Å². The molecule has 1 saturated carbocycles. The summed E-state index contributed by atoms with van der Waals surface area (Å²) in [5.74, 6) is 0.139. The van der Waals surface area contributed by atoms with Gasteiger partial charge in [0.25, 0.3) is 0 Å². The number of nitrogens with one attached hydrogen (secondary N) is 2. The van der Waals surface area contributed by atoms with Crippen molar-refractivity contribution < 1.29 is 19.8 Å². The van der Waals surface area contributed by atoms with Gasteiger partial charge in [-0.05, 0) is 48.8 Å². The molecule has 1 heterocycles. The van der Waals surface area contributed by atoms with E-state index in [1.807, 2.05) is 73.3 Å². The Morgan fingerprint density at radius 3 is 2.25 bits per heavy atom. The lowest BCUT2D eigenvalue weighted by molar-refractivity contribution is -0.132. The van der Waals surface area contributed by atoms with Crippen molar-refractivity contribution >= 4 is 11.8 Å². The number of aliphatic hydroxyl groups excluding tert-OH is 2. The summed E-state index contributed by atoms with van der Waals surface area (Å²) in [6.07, 6.45) is 11.3. The van der Waals surface area contributed by atoms with E-state index >= 15 is 0 Å². The first-order valence-corrected chi connectivity index (χ1v) is 15.4. The van der Waals surface area contributed by atoms with Crippen LogP contribution in [-0.4, -0.2) is 50.9 Å². The lowest BCUT2D eigenvalue weighted by Gasteiger charge is -2.34. The lowest BCUT2D eigenvalue weighted by atomic mass is 9.82. The van der Waals surface area contributed by atoms with Gasteiger partial charge in [0.15, 0.2) is 0 Å². The van der Waals surface area contributed by atoms with Crippen LogP contribution in [-0.2, 0) is 16.0 Å². The number of carbonyl (C=O) groups excluding carboxylic acids is 2. The molecule has 7 heteroatoms. The van der Waals surface area contributed by atoms with Gasteiger partial charge in [0.2, 0.25) is 11.8 Å². The molecule has 0 aliphatic heterocycles. The van der Waals surface area contributed by atoms with E-state index in [4.69, 9.17) is 0 Å². The van der Waals surface area contributed by atoms with Crippen LogP contribution in [0.4, 0.5) is 0 Å². The van der Waals surface area contributed by atoms with Gasteiger partial charge in [-0.1, -0.05) is 96.0 Å². The third-order valence-electron chi connectivity index (χ3n) is 8.20. The number of aliphatic hydroxyl groups is 2. The van der Waals surface area contributed by atoms with Gasteiger partial charge < -0.3 is 25.4 Å². The first kappa shape index (κ1) is 31.9. The van der Waals surface area contributed by atoms with Crippen LogP contribution in [0.25, 0.3) is 0 Å². The Morgan fingerprint density at radius 2 is 1.62 bits per heavy atom. The third-order valence-corrected chi connectivity index (χ3v) is 8.20. The largest absolute Gasteiger partial charge is 0.390 e. The number of carbonyl (C=O) groups is 2. The van der Waals surface area contributed by atoms with Gasteiger partial charge in [0.1, 0.15) is 18.2 Å². The molecular weight excluding hydrogens is 502 g/mol. The molecule has 0 saturated heterocycles. The van der Waals surface area contributed by atoms with Crippen molar-refractivity contribution in [2.45, 2.75) is 122 Å². The highest BCUT2D eigenvalue weighted by Gasteiger charge is 2.33. The molecule has 1 aromatic heterocycles. The van der Waals surface area contributed by atoms with E-state index in [0.29, 0.717) is 31.6 Å². The number of hydrogen-bond donors (Lipinski definition) is 4. The fourth-order valence-electron chi connectivity index (χ4n) is 5.91. The fraction of sp³-hybridized carbons (Fsp3) is 0.636. The van der Waals surface area contributed by atoms with Crippen LogP contribution in [0.5, 0.6) is 0 Å². The second-order valence-corrected chi connectivity index (χ2v) is 12.1. The van der Waals surface area contributed by atoms with Crippen molar-refractivity contribution in [3.63, 3.8) is 0 Å². The summed E-state index contributed by atoms with van der Waals surface area (Å²) in [6, 6.07) is 11.9. The van der Waals surface area contributed by atoms with Crippen molar-refractivity contribution in [2.24, 2.45) is 11.8 Å². The maximum absolute atomic E-state index is 13.7. The maximum atomic E-state index is 13.7. The minimum Gasteiger partial charge on any atom is -0.390 e. The van der Waals surface area contributed by atoms with Gasteiger partial charge in [-0.2, -0.15) is 0 Å². The molecule has 1 aromatic carbocycles. The van der Waals surface area contributed by atoms with Crippen LogP contribution in [0, 0.1) is 11.8 Å². The van der Waals surface area contributed by atoms with E-state index in [9.17, 15) is 19.8 Å². The number of unbranched alkanes of at least 4 members (excludes halogenated alkanes) is 1. The zero-order valence-corrected chi connectivity index (χ0v) is 24.7. The van der Waals surface area contributed by atoms with Gasteiger partial charge in [-0.3, -0.25) is 9.59 Å². The Bertz CT molecular complexity index is 988. The van der Waals surface area contributed by atoms with Crippen LogP contribution in [0.1, 0.15) is 96.6 Å². The summed E-state index contributed by atoms with van der Waals surface area (Å²) in [4.78, 5) is 27.4. The molecule has 3 rings (SSSR count). The van der Waals surface area contributed by atoms with Crippen molar-refractivity contribution in [1.82, 2.24) is 15.2 Å². The standard InChI is InChI=1S/C33H51N3O4/c1-4-5-18-27(34-33(40)29(36-19-12-13-20-36)23-26-16-10-7-11-17-26)32(39)35-28(22-25-14-8-6-9-15-25)31(38)30(37)21-24(2)3/h7,10-13,16-17,19-20,24-25,27-31,37-38H,4-6,8-9,14-15,18,21-23H2,1-3H3,(H,34,40)(H,35,39)/t27-,28-,29-,30-,31+/m0/s1. The van der Waals surface area contributed by atoms with Gasteiger partial charge >= 0.3 is 0 Å². The van der Waals surface area contributed by atoms with E-state index in [-0.39, 0.29) is 17.7 Å². The molecule has 0 unspecified atom stereocenters. The molecule has 1 aliphatic rings. The predicted molar refractivity (Wildman–Crippen MR) is 160 cm³/mol. The van der Waals surface area contributed by atoms with Gasteiger partial charge in [-0.15, -0.1) is 0 Å². The maximum Gasteiger partial charge on any atom is 0.244 e. The molecule has 222 valence electrons. The Morgan fingerprint density at radius 1 is 0.950 bits per heavy atom. The average molecular weight is 554 g/mol. The monoisotopic (exact) mass is 553 g/mol. The predicted octanol–water partition coefficient (Wildman–Crippen LogP) is 5.17. The number of amides is 2. The van der Waals surface area contributed by atoms with E-state index in [1.54, 1.807) is 0 Å². The molecule has 2 aromatic rings. The topological polar surface area (TPSA) is 104 Å². The molecule has 4 N–H and O–H groups in total. The number of benzene rings is 1. The highest BCUT2D eigenvalue weighted by Crippen LogP contribution is 2.29. The Balaban J connectivity index is 1.76. The van der Waals surface area contributed by atoms with Crippen LogP contribution in [0.3, 0.4) is 0 Å². The highest BCUT2D eigenvalue weighted by atomic mass is 16.3. The SMILES string of the molecule is CCCC[C@H](NC(=O)[C@H](Cc1ccccc1)n1cccc1)C(=O)N[C@@H](CC1CCCCC1)[C@@H](O)[C@@H](O)CC(C)C. The second kappa shape index (κ2) is 16.6. The van der Waals surface area contributed by atoms with Crippen molar-refractivity contribution in [3.05, 3.63) is 60.4 Å². The van der Waals surface area contributed by atoms with Crippen LogP contribution in [0.15, 0.2) is 54.9 Å². The number of rotatable bonds is 16. The number of aromatic nitrogens is 1. The summed E-state index contributed by atoms with van der Waals surface area (Å²) >= 11 is 0. The summed E-state index contributed by atoms with van der Waals surface area (Å²) in [6.45, 7) is 6.09. The first-order chi connectivity index (χ1) is 19.3. The zero-order valence-electron chi connectivity index (χ0n) is 24.7. The summed E-state index contributed by atoms with van der Waals surface area (Å²) in [5.41, 5.74) is 1.04. The van der Waals surface area contributed by atoms with Crippen molar-refractivity contribution in [1.29, 1.82) is 0 Å². The normalized spacial score (nSPS) is 18.1. The molecule has 2 amide bonds. The van der Waals surface area contributed by atoms with Crippen LogP contribution >= 0.6 is 0 Å². The summed E-state index contributed by atoms with van der Waals surface area (Å²) in [5, 5.41) is 28.1. The zero-order chi connectivity index (χ0) is 28.9. The van der Waals surface area contributed by atoms with E-state index in [1.165, 1.54) is 6.42 Å². The molecule has 40 heavy (non-hydrogen) atoms. The molecular formula is C33H51N3O4.